The van der Waals surface area contributed by atoms with E-state index >= 15 is 0 Å². The Morgan fingerprint density at radius 3 is 1.76 bits per heavy atom. The van der Waals surface area contributed by atoms with Gasteiger partial charge in [0.25, 0.3) is 0 Å². The van der Waals surface area contributed by atoms with Gasteiger partial charge >= 0.3 is 5.97 Å². The van der Waals surface area contributed by atoms with Gasteiger partial charge in [-0.1, -0.05) is 0 Å². The first-order valence-electron chi connectivity index (χ1n) is 21.4. The number of thiophene rings is 2. The Labute approximate surface area is 371 Å². The molecule has 6 aliphatic rings. The lowest BCUT2D eigenvalue weighted by molar-refractivity contribution is -0.142. The lowest BCUT2D eigenvalue weighted by atomic mass is 9.86. The van der Waals surface area contributed by atoms with Crippen LogP contribution in [-0.2, 0) is 48.4 Å². The number of piperazine rings is 1. The maximum atomic E-state index is 13.4. The minimum absolute atomic E-state index is 0.0701. The Kier molecular flexibility index (Phi) is 10.1. The molecule has 2 aliphatic carbocycles. The van der Waals surface area contributed by atoms with E-state index in [2.05, 4.69) is 63.5 Å². The van der Waals surface area contributed by atoms with Gasteiger partial charge in [0.15, 0.2) is 0 Å². The number of carbonyl (C=O) groups is 2. The predicted molar refractivity (Wildman–Crippen MR) is 245 cm³/mol. The summed E-state index contributed by atoms with van der Waals surface area (Å²) in [5.74, 6) is 2.42. The summed E-state index contributed by atoms with van der Waals surface area (Å²) in [7, 11) is 5.51. The Morgan fingerprint density at radius 1 is 0.730 bits per heavy atom. The SMILES string of the molecule is COc1cc2c(cc1Nc1ncnc3sc4c(c13)CC[C@H](C(=O)N1C[C@@H]3C[C@H]1CN3C)C4)C=NC2.COc1cc2c(cc1Nc1ncnc3sc4c(c13)CC[C@H](C(=O)O)C4)C=NC2. The molecule has 15 nitrogen and oxygen atoms in total. The zero-order chi connectivity index (χ0) is 42.9. The van der Waals surface area contributed by atoms with Gasteiger partial charge in [0.2, 0.25) is 5.91 Å². The van der Waals surface area contributed by atoms with Crippen molar-refractivity contribution in [2.45, 2.75) is 70.1 Å². The molecular weight excluding hydrogens is 837 g/mol. The number of aryl methyl sites for hydroxylation is 2. The molecule has 63 heavy (non-hydrogen) atoms. The molecule has 1 amide bonds. The molecule has 0 saturated carbocycles. The number of benzene rings is 2. The number of aliphatic imine (C=N–C) groups is 2. The number of ether oxygens (including phenoxy) is 2. The number of amides is 1. The number of likely N-dealkylation sites (N-methyl/N-ethyl adjacent to an activating group) is 1. The average Bonchev–Trinajstić information content (AvgIpc) is 4.16. The molecule has 2 aromatic carbocycles. The van der Waals surface area contributed by atoms with Crippen LogP contribution in [0.15, 0.2) is 46.9 Å². The lowest BCUT2D eigenvalue weighted by Gasteiger charge is -2.35. The largest absolute Gasteiger partial charge is 0.495 e. The van der Waals surface area contributed by atoms with E-state index in [1.165, 1.54) is 21.6 Å². The number of carboxylic acid groups (broad SMARTS) is 1. The molecule has 8 heterocycles. The van der Waals surface area contributed by atoms with Gasteiger partial charge in [-0.25, -0.2) is 19.9 Å². The van der Waals surface area contributed by atoms with Gasteiger partial charge in [-0.3, -0.25) is 24.5 Å². The van der Waals surface area contributed by atoms with E-state index in [9.17, 15) is 14.7 Å². The molecule has 0 spiro atoms. The van der Waals surface area contributed by atoms with E-state index in [0.29, 0.717) is 43.9 Å². The highest BCUT2D eigenvalue weighted by atomic mass is 32.1. The minimum atomic E-state index is -0.725. The second-order valence-electron chi connectivity index (χ2n) is 17.2. The third-order valence-electron chi connectivity index (χ3n) is 13.6. The van der Waals surface area contributed by atoms with Crippen molar-refractivity contribution in [1.82, 2.24) is 29.7 Å². The van der Waals surface area contributed by atoms with E-state index < -0.39 is 5.97 Å². The second kappa shape index (κ2) is 15.9. The Morgan fingerprint density at radius 2 is 1.27 bits per heavy atom. The van der Waals surface area contributed by atoms with Gasteiger partial charge in [0.05, 0.1) is 55.4 Å². The van der Waals surface area contributed by atoms with Crippen LogP contribution in [0.3, 0.4) is 0 Å². The zero-order valence-electron chi connectivity index (χ0n) is 35.2. The number of likely N-dealkylation sites (tertiary alicyclic amines) is 2. The van der Waals surface area contributed by atoms with Gasteiger partial charge in [-0.2, -0.15) is 0 Å². The number of rotatable bonds is 8. The fourth-order valence-corrected chi connectivity index (χ4v) is 12.8. The first-order chi connectivity index (χ1) is 30.7. The van der Waals surface area contributed by atoms with Gasteiger partial charge < -0.3 is 30.1 Å². The quantitative estimate of drug-likeness (QED) is 0.143. The Bertz CT molecular complexity index is 2910. The average molecular weight is 883 g/mol. The molecule has 4 aromatic heterocycles. The van der Waals surface area contributed by atoms with Crippen molar-refractivity contribution < 1.29 is 24.2 Å². The topological polar surface area (TPSA) is 180 Å². The monoisotopic (exact) mass is 882 g/mol. The molecule has 4 aliphatic heterocycles. The van der Waals surface area contributed by atoms with E-state index in [-0.39, 0.29) is 11.8 Å². The van der Waals surface area contributed by atoms with Gasteiger partial charge in [0, 0.05) is 53.3 Å². The van der Waals surface area contributed by atoms with Crippen molar-refractivity contribution in [2.24, 2.45) is 21.8 Å². The number of methoxy groups -OCH3 is 2. The summed E-state index contributed by atoms with van der Waals surface area (Å²) in [5.41, 5.74) is 8.65. The molecule has 6 aromatic rings. The number of nitrogens with one attached hydrogen (secondary N) is 2. The standard InChI is InChI=1S/C26H28N6O2S.C20H18N4O3S/c1-31-11-18-8-17(31)12-32(18)26(33)14-3-4-19-22(7-14)35-25-23(19)24(28-13-29-25)30-20-5-15-9-27-10-16(15)6-21(20)34-2;1-27-15-5-12-8-21-7-11(12)4-14(15)24-18-17-13-3-2-10(20(25)26)6-16(13)28-19(17)23-9-22-18/h5-6,9,13-14,17-18H,3-4,7-8,10-12H2,1-2H3,(H,28,29,30);4-5,7,9-10H,2-3,6,8H2,1H3,(H,25,26)(H,22,23,24)/t14-,17-,18-;10-/m00/s1. The third kappa shape index (κ3) is 7.06. The first kappa shape index (κ1) is 39.8. The summed E-state index contributed by atoms with van der Waals surface area (Å²) < 4.78 is 11.2. The van der Waals surface area contributed by atoms with Crippen molar-refractivity contribution in [1.29, 1.82) is 0 Å². The molecule has 12 rings (SSSR count). The van der Waals surface area contributed by atoms with Gasteiger partial charge in [-0.15, -0.1) is 22.7 Å². The lowest BCUT2D eigenvalue weighted by Crippen LogP contribution is -2.49. The summed E-state index contributed by atoms with van der Waals surface area (Å²) in [6.07, 6.45) is 12.6. The van der Waals surface area contributed by atoms with Gasteiger partial charge in [-0.05, 0) is 110 Å². The molecule has 17 heteroatoms. The number of carbonyl (C=O) groups excluding carboxylic acids is 1. The number of carboxylic acids is 1. The van der Waals surface area contributed by atoms with E-state index in [1.807, 2.05) is 30.6 Å². The number of aromatic nitrogens is 4. The summed E-state index contributed by atoms with van der Waals surface area (Å²) in [6, 6.07) is 9.09. The van der Waals surface area contributed by atoms with Crippen LogP contribution in [0.25, 0.3) is 20.4 Å². The number of hydrogen-bond acceptors (Lipinski definition) is 15. The Balaban J connectivity index is 0.000000145. The smallest absolute Gasteiger partial charge is 0.306 e. The first-order valence-corrected chi connectivity index (χ1v) is 23.1. The van der Waals surface area contributed by atoms with Crippen LogP contribution >= 0.6 is 22.7 Å². The van der Waals surface area contributed by atoms with Crippen LogP contribution < -0.4 is 20.1 Å². The number of anilines is 4. The molecule has 0 unspecified atom stereocenters. The van der Waals surface area contributed by atoms with Crippen LogP contribution in [0.4, 0.5) is 23.0 Å². The van der Waals surface area contributed by atoms with Crippen molar-refractivity contribution in [3.05, 3.63) is 80.1 Å². The van der Waals surface area contributed by atoms with Crippen molar-refractivity contribution in [2.75, 3.05) is 45.0 Å². The van der Waals surface area contributed by atoms with Crippen LogP contribution in [0.5, 0.6) is 11.5 Å². The van der Waals surface area contributed by atoms with Crippen LogP contribution in [0.1, 0.15) is 62.4 Å². The van der Waals surface area contributed by atoms with Crippen LogP contribution in [0.2, 0.25) is 0 Å². The van der Waals surface area contributed by atoms with Crippen molar-refractivity contribution in [3.63, 3.8) is 0 Å². The van der Waals surface area contributed by atoms with E-state index in [1.54, 1.807) is 49.5 Å². The molecule has 3 N–H and O–H groups in total. The predicted octanol–water partition coefficient (Wildman–Crippen LogP) is 6.96. The summed E-state index contributed by atoms with van der Waals surface area (Å²) in [4.78, 5) is 60.5. The van der Waals surface area contributed by atoms with Crippen molar-refractivity contribution >= 4 is 90.4 Å². The van der Waals surface area contributed by atoms with Crippen LogP contribution in [-0.4, -0.2) is 106 Å². The van der Waals surface area contributed by atoms with Gasteiger partial charge in [0.1, 0.15) is 45.5 Å². The highest BCUT2D eigenvalue weighted by Crippen LogP contribution is 2.44. The van der Waals surface area contributed by atoms with E-state index in [4.69, 9.17) is 9.47 Å². The fraction of sp³-hybridized carbons (Fsp3) is 0.391. The third-order valence-corrected chi connectivity index (χ3v) is 15.9. The fourth-order valence-electron chi connectivity index (χ4n) is 10.3. The maximum absolute atomic E-state index is 13.4. The molecule has 322 valence electrons. The number of nitrogens with zero attached hydrogens (tertiary/aromatic N) is 8. The highest BCUT2D eigenvalue weighted by molar-refractivity contribution is 7.19. The minimum Gasteiger partial charge on any atom is -0.495 e. The molecule has 4 atom stereocenters. The second-order valence-corrected chi connectivity index (χ2v) is 19.4. The number of aliphatic carboxylic acids is 1. The summed E-state index contributed by atoms with van der Waals surface area (Å²) in [5, 5.41) is 18.4. The molecule has 2 saturated heterocycles. The normalized spacial score (nSPS) is 21.5. The van der Waals surface area contributed by atoms with Crippen molar-refractivity contribution in [3.8, 4) is 11.5 Å². The summed E-state index contributed by atoms with van der Waals surface area (Å²) >= 11 is 3.28. The molecule has 2 fully saturated rings. The molecular formula is C46H46N10O5S2. The maximum Gasteiger partial charge on any atom is 0.306 e. The molecule has 0 radical (unpaired) electrons. The zero-order valence-corrected chi connectivity index (χ0v) is 36.8. The number of fused-ring (bicyclic) bond motifs is 10. The Hall–Kier alpha value is -6.04. The molecule has 2 bridgehead atoms. The highest BCUT2D eigenvalue weighted by Gasteiger charge is 2.45. The number of hydrogen-bond donors (Lipinski definition) is 3. The van der Waals surface area contributed by atoms with Crippen LogP contribution in [0, 0.1) is 11.8 Å². The van der Waals surface area contributed by atoms with E-state index in [0.717, 1.165) is 122 Å². The summed E-state index contributed by atoms with van der Waals surface area (Å²) in [6.45, 7) is 3.27.